The number of anilines is 1. The minimum atomic E-state index is 0.831. The number of nitrogen functional groups attached to an aromatic ring is 1. The zero-order valence-electron chi connectivity index (χ0n) is 5.19. The van der Waals surface area contributed by atoms with E-state index in [2.05, 4.69) is 15.9 Å². The number of para-hydroxylation sites is 1. The molecule has 0 spiro atoms. The highest BCUT2D eigenvalue weighted by Crippen LogP contribution is 2.14. The van der Waals surface area contributed by atoms with E-state index in [1.807, 2.05) is 26.0 Å². The summed E-state index contributed by atoms with van der Waals surface area (Å²) < 4.78 is 0.975. The maximum atomic E-state index is 5.63. The van der Waals surface area contributed by atoms with Crippen LogP contribution in [0.2, 0.25) is 0 Å². The van der Waals surface area contributed by atoms with E-state index in [9.17, 15) is 0 Å². The van der Waals surface area contributed by atoms with Crippen molar-refractivity contribution >= 4 is 34.9 Å². The van der Waals surface area contributed by atoms with Crippen LogP contribution in [0.5, 0.6) is 0 Å². The molecule has 2 N–H and O–H groups in total. The fourth-order valence-electron chi connectivity index (χ4n) is 0.645. The third-order valence-corrected chi connectivity index (χ3v) is 1.96. The Bertz CT molecular complexity index is 204. The highest BCUT2D eigenvalue weighted by molar-refractivity contribution is 9.10. The summed E-state index contributed by atoms with van der Waals surface area (Å²) in [6.07, 6.45) is 0. The average Bonchev–Trinajstić information content (AvgIpc) is 1.83. The number of halogens is 1. The van der Waals surface area contributed by atoms with E-state index in [1.165, 1.54) is 0 Å². The van der Waals surface area contributed by atoms with E-state index in [0.29, 0.717) is 0 Å². The normalized spacial score (nSPS) is 9.44. The van der Waals surface area contributed by atoms with Crippen molar-refractivity contribution in [2.45, 2.75) is 0 Å². The predicted molar refractivity (Wildman–Crippen MR) is 46.7 cm³/mol. The number of nitrogens with two attached hydrogens (primary N) is 1. The van der Waals surface area contributed by atoms with Crippen molar-refractivity contribution in [3.63, 3.8) is 0 Å². The highest BCUT2D eigenvalue weighted by atomic mass is 79.9. The van der Waals surface area contributed by atoms with E-state index in [4.69, 9.17) is 5.73 Å². The number of rotatable bonds is 0. The second-order valence-electron chi connectivity index (χ2n) is 1.97. The van der Waals surface area contributed by atoms with Gasteiger partial charge in [0.2, 0.25) is 0 Å². The van der Waals surface area contributed by atoms with Gasteiger partial charge in [-0.05, 0) is 22.0 Å². The molecule has 1 aromatic rings. The molecule has 1 aromatic carbocycles. The lowest BCUT2D eigenvalue weighted by molar-refractivity contribution is 1.68. The molecular formula is C6H7BBrN. The van der Waals surface area contributed by atoms with E-state index >= 15 is 0 Å². The third kappa shape index (κ3) is 1.27. The lowest BCUT2D eigenvalue weighted by atomic mass is 9.95. The second kappa shape index (κ2) is 2.44. The SMILES string of the molecule is Bc1cccc(Br)c1N. The third-order valence-electron chi connectivity index (χ3n) is 1.27. The van der Waals surface area contributed by atoms with Gasteiger partial charge >= 0.3 is 0 Å². The quantitative estimate of drug-likeness (QED) is 0.455. The Labute approximate surface area is 63.8 Å². The molecule has 0 fully saturated rings. The Kier molecular flexibility index (Phi) is 1.81. The largest absolute Gasteiger partial charge is 0.398 e. The molecular weight excluding hydrogens is 177 g/mol. The molecule has 0 bridgehead atoms. The number of hydrogen-bond acceptors (Lipinski definition) is 1. The Hall–Kier alpha value is -0.435. The van der Waals surface area contributed by atoms with Crippen LogP contribution >= 0.6 is 15.9 Å². The molecule has 0 aromatic heterocycles. The fraction of sp³-hybridized carbons (Fsp3) is 0. The van der Waals surface area contributed by atoms with Gasteiger partial charge in [-0.1, -0.05) is 17.6 Å². The lowest BCUT2D eigenvalue weighted by Gasteiger charge is -1.99. The minimum Gasteiger partial charge on any atom is -0.398 e. The van der Waals surface area contributed by atoms with Gasteiger partial charge in [-0.25, -0.2) is 0 Å². The number of hydrogen-bond donors (Lipinski definition) is 1. The first kappa shape index (κ1) is 6.68. The molecule has 0 saturated heterocycles. The van der Waals surface area contributed by atoms with Crippen molar-refractivity contribution < 1.29 is 0 Å². The maximum Gasteiger partial charge on any atom is 0.142 e. The average molecular weight is 184 g/mol. The van der Waals surface area contributed by atoms with Crippen LogP contribution in [-0.2, 0) is 0 Å². The molecule has 0 atom stereocenters. The highest BCUT2D eigenvalue weighted by Gasteiger charge is 1.94. The van der Waals surface area contributed by atoms with Crippen molar-refractivity contribution in [3.05, 3.63) is 22.7 Å². The van der Waals surface area contributed by atoms with Crippen molar-refractivity contribution in [2.24, 2.45) is 0 Å². The van der Waals surface area contributed by atoms with E-state index in [1.54, 1.807) is 0 Å². The molecule has 0 heterocycles. The van der Waals surface area contributed by atoms with Gasteiger partial charge in [0.25, 0.3) is 0 Å². The summed E-state index contributed by atoms with van der Waals surface area (Å²) in [5.41, 5.74) is 7.58. The van der Waals surface area contributed by atoms with Crippen molar-refractivity contribution in [1.82, 2.24) is 0 Å². The van der Waals surface area contributed by atoms with Crippen molar-refractivity contribution in [2.75, 3.05) is 5.73 Å². The van der Waals surface area contributed by atoms with Crippen LogP contribution in [0.15, 0.2) is 22.7 Å². The molecule has 3 heteroatoms. The zero-order chi connectivity index (χ0) is 6.85. The standard InChI is InChI=1S/C6H7BBrN/c7-4-2-1-3-5(8)6(4)9/h1-3H,7,9H2. The smallest absolute Gasteiger partial charge is 0.142 e. The van der Waals surface area contributed by atoms with Gasteiger partial charge in [-0.15, -0.1) is 0 Å². The van der Waals surface area contributed by atoms with Gasteiger partial charge in [0.1, 0.15) is 7.85 Å². The number of benzene rings is 1. The summed E-state index contributed by atoms with van der Waals surface area (Å²) in [5, 5.41) is 0. The summed E-state index contributed by atoms with van der Waals surface area (Å²) in [5.74, 6) is 0. The summed E-state index contributed by atoms with van der Waals surface area (Å²) >= 11 is 3.32. The van der Waals surface area contributed by atoms with Crippen LogP contribution in [-0.4, -0.2) is 7.85 Å². The molecule has 0 radical (unpaired) electrons. The first-order chi connectivity index (χ1) is 4.22. The van der Waals surface area contributed by atoms with Gasteiger partial charge in [0, 0.05) is 10.2 Å². The fourth-order valence-corrected chi connectivity index (χ4v) is 1.11. The van der Waals surface area contributed by atoms with Crippen LogP contribution in [0.25, 0.3) is 0 Å². The van der Waals surface area contributed by atoms with E-state index in [-0.39, 0.29) is 0 Å². The lowest BCUT2D eigenvalue weighted by Crippen LogP contribution is -2.08. The van der Waals surface area contributed by atoms with Crippen molar-refractivity contribution in [3.8, 4) is 0 Å². The molecule has 46 valence electrons. The van der Waals surface area contributed by atoms with Gasteiger partial charge in [-0.3, -0.25) is 0 Å². The molecule has 9 heavy (non-hydrogen) atoms. The molecule has 1 rings (SSSR count). The summed E-state index contributed by atoms with van der Waals surface area (Å²) in [6, 6.07) is 5.89. The van der Waals surface area contributed by atoms with E-state index < -0.39 is 0 Å². The van der Waals surface area contributed by atoms with Gasteiger partial charge in [-0.2, -0.15) is 0 Å². The van der Waals surface area contributed by atoms with Crippen molar-refractivity contribution in [1.29, 1.82) is 0 Å². The van der Waals surface area contributed by atoms with Crippen LogP contribution in [0.1, 0.15) is 0 Å². The molecule has 0 aliphatic carbocycles. The molecule has 0 aliphatic heterocycles. The Morgan fingerprint density at radius 3 is 2.56 bits per heavy atom. The minimum absolute atomic E-state index is 0.831. The van der Waals surface area contributed by atoms with Crippen LogP contribution in [0.4, 0.5) is 5.69 Å². The Morgan fingerprint density at radius 2 is 2.11 bits per heavy atom. The van der Waals surface area contributed by atoms with Crippen LogP contribution in [0.3, 0.4) is 0 Å². The first-order valence-corrected chi connectivity index (χ1v) is 3.51. The summed E-state index contributed by atoms with van der Waals surface area (Å²) in [7, 11) is 1.99. The second-order valence-corrected chi connectivity index (χ2v) is 2.82. The molecule has 1 nitrogen and oxygen atoms in total. The first-order valence-electron chi connectivity index (χ1n) is 2.72. The van der Waals surface area contributed by atoms with Gasteiger partial charge in [0.15, 0.2) is 0 Å². The molecule has 0 aliphatic rings. The Balaban J connectivity index is 3.25. The molecule has 0 unspecified atom stereocenters. The van der Waals surface area contributed by atoms with Gasteiger partial charge in [0.05, 0.1) is 0 Å². The summed E-state index contributed by atoms with van der Waals surface area (Å²) in [4.78, 5) is 0. The zero-order valence-corrected chi connectivity index (χ0v) is 6.77. The molecule has 0 amide bonds. The Morgan fingerprint density at radius 1 is 1.44 bits per heavy atom. The van der Waals surface area contributed by atoms with Gasteiger partial charge < -0.3 is 5.73 Å². The topological polar surface area (TPSA) is 26.0 Å². The van der Waals surface area contributed by atoms with Crippen LogP contribution in [0, 0.1) is 0 Å². The maximum absolute atomic E-state index is 5.63. The molecule has 0 saturated carbocycles. The van der Waals surface area contributed by atoms with E-state index in [0.717, 1.165) is 15.6 Å². The monoisotopic (exact) mass is 183 g/mol. The predicted octanol–water partition coefficient (Wildman–Crippen LogP) is 0.290. The summed E-state index contributed by atoms with van der Waals surface area (Å²) in [6.45, 7) is 0. The van der Waals surface area contributed by atoms with Crippen LogP contribution < -0.4 is 11.2 Å².